The Hall–Kier alpha value is -2.61. The molecule has 0 saturated heterocycles. The molecule has 1 aromatic rings. The number of nitrogens with zero attached hydrogens (tertiary/aromatic N) is 1. The highest BCUT2D eigenvalue weighted by Crippen LogP contribution is 2.22. The minimum Gasteiger partial charge on any atom is -0.497 e. The minimum atomic E-state index is -0.502. The Kier molecular flexibility index (Phi) is 8.91. The molecule has 0 aliphatic rings. The number of amides is 2. The van der Waals surface area contributed by atoms with Crippen molar-refractivity contribution in [3.05, 3.63) is 23.8 Å². The van der Waals surface area contributed by atoms with Gasteiger partial charge >= 0.3 is 0 Å². The van der Waals surface area contributed by atoms with E-state index in [2.05, 4.69) is 15.8 Å². The van der Waals surface area contributed by atoms with Crippen molar-refractivity contribution in [1.82, 2.24) is 10.7 Å². The van der Waals surface area contributed by atoms with Crippen LogP contribution in [0.25, 0.3) is 0 Å². The number of rotatable bonds is 10. The molecule has 0 bridgehead atoms. The second-order valence-corrected chi connectivity index (χ2v) is 4.77. The van der Waals surface area contributed by atoms with Crippen LogP contribution in [0, 0.1) is 0 Å². The first kappa shape index (κ1) is 19.4. The Labute approximate surface area is 141 Å². The van der Waals surface area contributed by atoms with Gasteiger partial charge in [-0.05, 0) is 24.6 Å². The first-order chi connectivity index (χ1) is 11.6. The molecule has 0 unspecified atom stereocenters. The van der Waals surface area contributed by atoms with Gasteiger partial charge in [-0.3, -0.25) is 9.59 Å². The van der Waals surface area contributed by atoms with Crippen LogP contribution in [0.1, 0.15) is 18.4 Å². The Morgan fingerprint density at radius 3 is 2.62 bits per heavy atom. The second kappa shape index (κ2) is 11.0. The van der Waals surface area contributed by atoms with Crippen molar-refractivity contribution < 1.29 is 23.8 Å². The van der Waals surface area contributed by atoms with E-state index >= 15 is 0 Å². The highest BCUT2D eigenvalue weighted by molar-refractivity contribution is 5.97. The molecule has 0 spiro atoms. The summed E-state index contributed by atoms with van der Waals surface area (Å²) in [5, 5.41) is 6.45. The number of hydrogen-bond donors (Lipinski definition) is 2. The molecule has 0 fully saturated rings. The van der Waals surface area contributed by atoms with Gasteiger partial charge in [-0.1, -0.05) is 0 Å². The van der Waals surface area contributed by atoms with Crippen molar-refractivity contribution in [2.75, 3.05) is 34.5 Å². The SMILES string of the molecule is COCCCNC(=O)CC(=O)N/N=C\c1cc(OC)ccc1OC. The van der Waals surface area contributed by atoms with Gasteiger partial charge in [0.1, 0.15) is 17.9 Å². The summed E-state index contributed by atoms with van der Waals surface area (Å²) < 4.78 is 15.2. The molecule has 0 aliphatic heterocycles. The molecule has 8 nitrogen and oxygen atoms in total. The lowest BCUT2D eigenvalue weighted by atomic mass is 10.2. The van der Waals surface area contributed by atoms with Crippen LogP contribution in [-0.2, 0) is 14.3 Å². The molecular weight excluding hydrogens is 314 g/mol. The number of methoxy groups -OCH3 is 3. The first-order valence-electron chi connectivity index (χ1n) is 7.40. The van der Waals surface area contributed by atoms with Gasteiger partial charge in [0.05, 0.1) is 20.4 Å². The van der Waals surface area contributed by atoms with Crippen molar-refractivity contribution in [3.63, 3.8) is 0 Å². The summed E-state index contributed by atoms with van der Waals surface area (Å²) in [6.45, 7) is 1.02. The summed E-state index contributed by atoms with van der Waals surface area (Å²) in [4.78, 5) is 23.2. The molecule has 2 N–H and O–H groups in total. The Morgan fingerprint density at radius 1 is 1.17 bits per heavy atom. The molecule has 2 amide bonds. The third-order valence-electron chi connectivity index (χ3n) is 3.00. The van der Waals surface area contributed by atoms with E-state index in [1.54, 1.807) is 32.4 Å². The number of hydrogen-bond acceptors (Lipinski definition) is 6. The number of nitrogens with one attached hydrogen (secondary N) is 2. The van der Waals surface area contributed by atoms with E-state index in [9.17, 15) is 9.59 Å². The van der Waals surface area contributed by atoms with Crippen LogP contribution in [0.2, 0.25) is 0 Å². The van der Waals surface area contributed by atoms with E-state index < -0.39 is 5.91 Å². The third kappa shape index (κ3) is 7.10. The molecule has 0 heterocycles. The highest BCUT2D eigenvalue weighted by Gasteiger charge is 2.08. The van der Waals surface area contributed by atoms with Gasteiger partial charge in [0, 0.05) is 25.8 Å². The summed E-state index contributed by atoms with van der Waals surface area (Å²) in [5.74, 6) is 0.360. The molecule has 0 atom stereocenters. The smallest absolute Gasteiger partial charge is 0.249 e. The Bertz CT molecular complexity index is 575. The van der Waals surface area contributed by atoms with Crippen molar-refractivity contribution in [3.8, 4) is 11.5 Å². The maximum atomic E-state index is 11.6. The first-order valence-corrected chi connectivity index (χ1v) is 7.40. The van der Waals surface area contributed by atoms with Gasteiger partial charge in [-0.25, -0.2) is 5.43 Å². The van der Waals surface area contributed by atoms with Crippen LogP contribution in [0.5, 0.6) is 11.5 Å². The monoisotopic (exact) mass is 337 g/mol. The van der Waals surface area contributed by atoms with E-state index in [0.29, 0.717) is 36.6 Å². The number of hydrazone groups is 1. The summed E-state index contributed by atoms with van der Waals surface area (Å²) in [5.41, 5.74) is 2.94. The zero-order valence-electron chi connectivity index (χ0n) is 14.1. The molecule has 1 aromatic carbocycles. The largest absolute Gasteiger partial charge is 0.497 e. The van der Waals surface area contributed by atoms with Crippen molar-refractivity contribution in [2.24, 2.45) is 5.10 Å². The average Bonchev–Trinajstić information content (AvgIpc) is 2.58. The predicted molar refractivity (Wildman–Crippen MR) is 89.4 cm³/mol. The molecule has 0 radical (unpaired) electrons. The van der Waals surface area contributed by atoms with Crippen LogP contribution in [0.4, 0.5) is 0 Å². The quantitative estimate of drug-likeness (QED) is 0.283. The molecule has 132 valence electrons. The third-order valence-corrected chi connectivity index (χ3v) is 3.00. The Balaban J connectivity index is 2.46. The predicted octanol–water partition coefficient (Wildman–Crippen LogP) is 0.697. The van der Waals surface area contributed by atoms with Gasteiger partial charge in [-0.2, -0.15) is 5.10 Å². The molecule has 24 heavy (non-hydrogen) atoms. The van der Waals surface area contributed by atoms with Gasteiger partial charge in [0.25, 0.3) is 0 Å². The van der Waals surface area contributed by atoms with E-state index in [1.807, 2.05) is 0 Å². The molecule has 8 heteroatoms. The maximum absolute atomic E-state index is 11.6. The topological polar surface area (TPSA) is 98.2 Å². The lowest BCUT2D eigenvalue weighted by molar-refractivity contribution is -0.129. The number of carbonyl (C=O) groups excluding carboxylic acids is 2. The van der Waals surface area contributed by atoms with Crippen LogP contribution in [0.15, 0.2) is 23.3 Å². The van der Waals surface area contributed by atoms with E-state index in [4.69, 9.17) is 14.2 Å². The number of benzene rings is 1. The molecule has 1 rings (SSSR count). The fraction of sp³-hybridized carbons (Fsp3) is 0.438. The summed E-state index contributed by atoms with van der Waals surface area (Å²) >= 11 is 0. The van der Waals surface area contributed by atoms with Crippen molar-refractivity contribution >= 4 is 18.0 Å². The fourth-order valence-corrected chi connectivity index (χ4v) is 1.81. The minimum absolute atomic E-state index is 0.292. The molecular formula is C16H23N3O5. The van der Waals surface area contributed by atoms with Crippen molar-refractivity contribution in [2.45, 2.75) is 12.8 Å². The van der Waals surface area contributed by atoms with Gasteiger partial charge in [0.2, 0.25) is 11.8 Å². The lowest BCUT2D eigenvalue weighted by Gasteiger charge is -2.07. The normalized spacial score (nSPS) is 10.5. The summed E-state index contributed by atoms with van der Waals surface area (Å²) in [7, 11) is 4.67. The van der Waals surface area contributed by atoms with E-state index in [0.717, 1.165) is 0 Å². The summed E-state index contributed by atoms with van der Waals surface area (Å²) in [6.07, 6.45) is 1.83. The summed E-state index contributed by atoms with van der Waals surface area (Å²) in [6, 6.07) is 5.20. The van der Waals surface area contributed by atoms with Crippen LogP contribution >= 0.6 is 0 Å². The standard InChI is InChI=1S/C16H23N3O5/c1-22-8-4-7-17-15(20)10-16(21)19-18-11-12-9-13(23-2)5-6-14(12)24-3/h5-6,9,11H,4,7-8,10H2,1-3H3,(H,17,20)(H,19,21)/b18-11-. The van der Waals surface area contributed by atoms with Gasteiger partial charge < -0.3 is 19.5 Å². The average molecular weight is 337 g/mol. The van der Waals surface area contributed by atoms with Gasteiger partial charge in [0.15, 0.2) is 0 Å². The maximum Gasteiger partial charge on any atom is 0.249 e. The Morgan fingerprint density at radius 2 is 1.96 bits per heavy atom. The second-order valence-electron chi connectivity index (χ2n) is 4.77. The zero-order valence-corrected chi connectivity index (χ0v) is 14.1. The van der Waals surface area contributed by atoms with E-state index in [-0.39, 0.29) is 12.3 Å². The lowest BCUT2D eigenvalue weighted by Crippen LogP contribution is -2.30. The number of ether oxygens (including phenoxy) is 3. The highest BCUT2D eigenvalue weighted by atomic mass is 16.5. The van der Waals surface area contributed by atoms with Crippen LogP contribution < -0.4 is 20.2 Å². The van der Waals surface area contributed by atoms with Gasteiger partial charge in [-0.15, -0.1) is 0 Å². The zero-order chi connectivity index (χ0) is 17.8. The molecule has 0 saturated carbocycles. The van der Waals surface area contributed by atoms with E-state index in [1.165, 1.54) is 13.3 Å². The molecule has 0 aromatic heterocycles. The fourth-order valence-electron chi connectivity index (χ4n) is 1.81. The number of carbonyl (C=O) groups is 2. The molecule has 0 aliphatic carbocycles. The van der Waals surface area contributed by atoms with Crippen molar-refractivity contribution in [1.29, 1.82) is 0 Å². The van der Waals surface area contributed by atoms with Crippen LogP contribution in [-0.4, -0.2) is 52.5 Å². The van der Waals surface area contributed by atoms with Crippen LogP contribution in [0.3, 0.4) is 0 Å².